The summed E-state index contributed by atoms with van der Waals surface area (Å²) in [5, 5.41) is 36.3. The maximum absolute atomic E-state index is 13.3. The first kappa shape index (κ1) is 32.4. The number of carbonyl (C=O) groups excluding carboxylic acids is 2. The lowest BCUT2D eigenvalue weighted by molar-refractivity contribution is -0.140. The number of nitrogens with zero attached hydrogens (tertiary/aromatic N) is 6. The average molecular weight is 619 g/mol. The van der Waals surface area contributed by atoms with E-state index in [0.29, 0.717) is 48.4 Å². The van der Waals surface area contributed by atoms with Gasteiger partial charge in [-0.05, 0) is 69.3 Å². The van der Waals surface area contributed by atoms with Crippen molar-refractivity contribution in [3.05, 3.63) is 42.7 Å². The lowest BCUT2D eigenvalue weighted by atomic mass is 9.85. The number of aliphatic hydroxyl groups is 1. The number of nitrogen functional groups attached to an aromatic ring is 1. The molecule has 2 fully saturated rings. The fraction of sp³-hybridized carbons (Fsp3) is 0.545. The van der Waals surface area contributed by atoms with Crippen molar-refractivity contribution in [3.8, 4) is 28.1 Å². The van der Waals surface area contributed by atoms with Crippen LogP contribution in [0.15, 0.2) is 42.7 Å². The number of aromatic nitrogens is 4. The minimum atomic E-state index is -0.648. The normalized spacial score (nSPS) is 21.5. The second-order valence-electron chi connectivity index (χ2n) is 13.6. The molecule has 2 aromatic heterocycles. The predicted octanol–water partition coefficient (Wildman–Crippen LogP) is 3.22. The van der Waals surface area contributed by atoms with E-state index in [4.69, 9.17) is 5.73 Å². The van der Waals surface area contributed by atoms with Crippen LogP contribution in [0.3, 0.4) is 0 Å². The molecule has 3 aromatic rings. The van der Waals surface area contributed by atoms with Crippen LogP contribution in [0.1, 0.15) is 65.8 Å². The third-order valence-electron chi connectivity index (χ3n) is 8.90. The zero-order valence-electron chi connectivity index (χ0n) is 26.7. The number of β-amino-alcohol motifs (C(OH)–C–C–N with tert-alkyl or cyclic N) is 1. The van der Waals surface area contributed by atoms with Gasteiger partial charge in [-0.2, -0.15) is 5.10 Å². The number of hydrogen-bond donors (Lipinski definition) is 4. The number of carbonyl (C=O) groups is 2. The Bertz CT molecular complexity index is 1500. The summed E-state index contributed by atoms with van der Waals surface area (Å²) >= 11 is 0. The van der Waals surface area contributed by atoms with Gasteiger partial charge in [0.2, 0.25) is 11.8 Å². The summed E-state index contributed by atoms with van der Waals surface area (Å²) in [7, 11) is 0. The Morgan fingerprint density at radius 3 is 2.64 bits per heavy atom. The number of para-hydroxylation sites is 1. The standard InChI is InChI=1S/C33H46N8O4/c1-21-15-24(42)20-40(21)32(45)30(33(2,3)4)36-29(44)12-8-14-39-13-7-9-23(19-39)41-18-22(17-35-41)26-16-27(37-38-31(26)34)25-10-5-6-11-28(25)43/h5-6,10-11,16-18,21,23-24,30,42-43H,7-9,12-15,19-20H2,1-4H3,(H2,34,38)(H,36,44)/t21-,23?,24-,30-/m1/s1. The van der Waals surface area contributed by atoms with Gasteiger partial charge in [0.15, 0.2) is 5.82 Å². The second kappa shape index (κ2) is 13.5. The highest BCUT2D eigenvalue weighted by molar-refractivity contribution is 5.88. The first-order chi connectivity index (χ1) is 21.4. The summed E-state index contributed by atoms with van der Waals surface area (Å²) in [6, 6.07) is 8.28. The molecule has 242 valence electrons. The molecule has 2 aliphatic heterocycles. The van der Waals surface area contributed by atoms with E-state index < -0.39 is 17.6 Å². The number of rotatable bonds is 9. The Morgan fingerprint density at radius 1 is 1.16 bits per heavy atom. The number of piperidine rings is 1. The zero-order chi connectivity index (χ0) is 32.3. The number of benzene rings is 1. The van der Waals surface area contributed by atoms with Crippen molar-refractivity contribution < 1.29 is 19.8 Å². The molecule has 4 atom stereocenters. The molecule has 12 heteroatoms. The largest absolute Gasteiger partial charge is 0.507 e. The zero-order valence-corrected chi connectivity index (χ0v) is 26.7. The van der Waals surface area contributed by atoms with Gasteiger partial charge in [-0.3, -0.25) is 14.3 Å². The van der Waals surface area contributed by atoms with Gasteiger partial charge in [0.05, 0.1) is 24.0 Å². The summed E-state index contributed by atoms with van der Waals surface area (Å²) in [6.45, 7) is 10.6. The van der Waals surface area contributed by atoms with Crippen molar-refractivity contribution in [1.82, 2.24) is 35.1 Å². The molecule has 2 aliphatic rings. The fourth-order valence-electron chi connectivity index (χ4n) is 6.40. The molecule has 2 amide bonds. The summed E-state index contributed by atoms with van der Waals surface area (Å²) in [5.41, 5.74) is 8.38. The van der Waals surface area contributed by atoms with Gasteiger partial charge in [0.1, 0.15) is 11.8 Å². The first-order valence-corrected chi connectivity index (χ1v) is 15.9. The SMILES string of the molecule is C[C@@H]1C[C@@H](O)CN1C(=O)[C@@H](NC(=O)CCCN1CCCC(n2cc(-c3cc(-c4ccccc4O)nnc3N)cn2)C1)C(C)(C)C. The number of nitrogens with one attached hydrogen (secondary N) is 1. The molecular weight excluding hydrogens is 572 g/mol. The summed E-state index contributed by atoms with van der Waals surface area (Å²) in [6.07, 6.45) is 6.82. The van der Waals surface area contributed by atoms with Crippen molar-refractivity contribution >= 4 is 17.6 Å². The predicted molar refractivity (Wildman–Crippen MR) is 172 cm³/mol. The lowest BCUT2D eigenvalue weighted by Gasteiger charge is -2.35. The topological polar surface area (TPSA) is 163 Å². The van der Waals surface area contributed by atoms with E-state index in [9.17, 15) is 19.8 Å². The van der Waals surface area contributed by atoms with E-state index >= 15 is 0 Å². The van der Waals surface area contributed by atoms with Crippen LogP contribution in [-0.2, 0) is 9.59 Å². The van der Waals surface area contributed by atoms with E-state index in [1.807, 2.05) is 50.7 Å². The molecule has 2 saturated heterocycles. The number of hydrogen-bond acceptors (Lipinski definition) is 9. The molecule has 0 bridgehead atoms. The van der Waals surface area contributed by atoms with Gasteiger partial charge in [0, 0.05) is 48.4 Å². The number of anilines is 1. The first-order valence-electron chi connectivity index (χ1n) is 15.9. The Balaban J connectivity index is 1.16. The van der Waals surface area contributed by atoms with E-state index in [-0.39, 0.29) is 29.6 Å². The van der Waals surface area contributed by atoms with Crippen LogP contribution in [0.2, 0.25) is 0 Å². The number of nitrogens with two attached hydrogens (primary N) is 1. The number of phenols is 1. The molecule has 1 unspecified atom stereocenters. The molecule has 5 N–H and O–H groups in total. The number of likely N-dealkylation sites (tertiary alicyclic amines) is 2. The molecule has 0 aliphatic carbocycles. The van der Waals surface area contributed by atoms with Crippen LogP contribution in [-0.4, -0.2) is 96.2 Å². The Hall–Kier alpha value is -4.03. The number of phenolic OH excluding ortho intramolecular Hbond substituents is 1. The monoisotopic (exact) mass is 618 g/mol. The summed E-state index contributed by atoms with van der Waals surface area (Å²) < 4.78 is 1.98. The molecular formula is C33H46N8O4. The minimum Gasteiger partial charge on any atom is -0.507 e. The van der Waals surface area contributed by atoms with E-state index in [2.05, 4.69) is 25.5 Å². The van der Waals surface area contributed by atoms with Gasteiger partial charge in [-0.15, -0.1) is 10.2 Å². The number of aromatic hydroxyl groups is 1. The van der Waals surface area contributed by atoms with Gasteiger partial charge in [-0.25, -0.2) is 0 Å². The maximum atomic E-state index is 13.3. The highest BCUT2D eigenvalue weighted by Gasteiger charge is 2.40. The highest BCUT2D eigenvalue weighted by atomic mass is 16.3. The Morgan fingerprint density at radius 2 is 1.93 bits per heavy atom. The van der Waals surface area contributed by atoms with Crippen LogP contribution in [0, 0.1) is 5.41 Å². The molecule has 4 heterocycles. The van der Waals surface area contributed by atoms with Crippen LogP contribution in [0.25, 0.3) is 22.4 Å². The molecule has 0 saturated carbocycles. The van der Waals surface area contributed by atoms with Gasteiger partial charge in [0.25, 0.3) is 0 Å². The third kappa shape index (κ3) is 7.62. The highest BCUT2D eigenvalue weighted by Crippen LogP contribution is 2.33. The van der Waals surface area contributed by atoms with E-state index in [1.54, 1.807) is 29.3 Å². The molecule has 45 heavy (non-hydrogen) atoms. The van der Waals surface area contributed by atoms with E-state index in [1.165, 1.54) is 0 Å². The quantitative estimate of drug-likeness (QED) is 0.282. The van der Waals surface area contributed by atoms with Crippen molar-refractivity contribution in [3.63, 3.8) is 0 Å². The minimum absolute atomic E-state index is 0.0490. The van der Waals surface area contributed by atoms with Crippen molar-refractivity contribution in [2.45, 2.75) is 84.0 Å². The van der Waals surface area contributed by atoms with Crippen LogP contribution in [0.4, 0.5) is 5.82 Å². The molecule has 1 aromatic carbocycles. The second-order valence-corrected chi connectivity index (χ2v) is 13.6. The van der Waals surface area contributed by atoms with Crippen LogP contribution >= 0.6 is 0 Å². The van der Waals surface area contributed by atoms with Gasteiger partial charge in [-0.1, -0.05) is 32.9 Å². The Labute approximate surface area is 264 Å². The van der Waals surface area contributed by atoms with E-state index in [0.717, 1.165) is 38.0 Å². The Kier molecular flexibility index (Phi) is 9.73. The lowest BCUT2D eigenvalue weighted by Crippen LogP contribution is -2.55. The molecule has 0 spiro atoms. The fourth-order valence-corrected chi connectivity index (χ4v) is 6.40. The molecule has 12 nitrogen and oxygen atoms in total. The summed E-state index contributed by atoms with van der Waals surface area (Å²) in [5.74, 6) is 0.155. The number of amides is 2. The molecule has 5 rings (SSSR count). The summed E-state index contributed by atoms with van der Waals surface area (Å²) in [4.78, 5) is 30.4. The van der Waals surface area contributed by atoms with Crippen LogP contribution in [0.5, 0.6) is 5.75 Å². The number of aliphatic hydroxyl groups excluding tert-OH is 1. The van der Waals surface area contributed by atoms with Gasteiger partial charge < -0.3 is 31.1 Å². The maximum Gasteiger partial charge on any atom is 0.246 e. The van der Waals surface area contributed by atoms with Crippen molar-refractivity contribution in [2.75, 3.05) is 31.9 Å². The van der Waals surface area contributed by atoms with Crippen LogP contribution < -0.4 is 11.1 Å². The smallest absolute Gasteiger partial charge is 0.246 e. The molecule has 0 radical (unpaired) electrons. The van der Waals surface area contributed by atoms with Crippen molar-refractivity contribution in [2.24, 2.45) is 5.41 Å². The average Bonchev–Trinajstić information content (AvgIpc) is 3.62. The van der Waals surface area contributed by atoms with Gasteiger partial charge >= 0.3 is 0 Å². The van der Waals surface area contributed by atoms with Crippen molar-refractivity contribution in [1.29, 1.82) is 0 Å². The third-order valence-corrected chi connectivity index (χ3v) is 8.90.